The minimum absolute atomic E-state index is 0.526. The van der Waals surface area contributed by atoms with Crippen molar-refractivity contribution in [1.29, 1.82) is 0 Å². The molecule has 0 spiro atoms. The summed E-state index contributed by atoms with van der Waals surface area (Å²) in [6.07, 6.45) is 6.39. The van der Waals surface area contributed by atoms with Crippen LogP contribution in [0.25, 0.3) is 0 Å². The molecule has 3 unspecified atom stereocenters. The maximum Gasteiger partial charge on any atom is 0.171 e. The molecule has 0 aliphatic heterocycles. The lowest BCUT2D eigenvalue weighted by atomic mass is 9.86. The van der Waals surface area contributed by atoms with Gasteiger partial charge in [-0.05, 0) is 61.0 Å². The van der Waals surface area contributed by atoms with Crippen LogP contribution in [0.4, 0.5) is 5.69 Å². The van der Waals surface area contributed by atoms with Gasteiger partial charge in [0.25, 0.3) is 0 Å². The Balaban J connectivity index is 1.87. The van der Waals surface area contributed by atoms with Crippen molar-refractivity contribution in [3.63, 3.8) is 0 Å². The van der Waals surface area contributed by atoms with Gasteiger partial charge in [-0.3, -0.25) is 0 Å². The normalized spacial score (nSPS) is 23.4. The van der Waals surface area contributed by atoms with Gasteiger partial charge in [-0.2, -0.15) is 0 Å². The highest BCUT2D eigenvalue weighted by molar-refractivity contribution is 7.80. The lowest BCUT2D eigenvalue weighted by molar-refractivity contribution is 0.309. The predicted octanol–water partition coefficient (Wildman–Crippen LogP) is 5.07. The summed E-state index contributed by atoms with van der Waals surface area (Å²) < 4.78 is 0. The Labute approximate surface area is 134 Å². The van der Waals surface area contributed by atoms with Gasteiger partial charge < -0.3 is 10.6 Å². The first-order chi connectivity index (χ1) is 10.1. The van der Waals surface area contributed by atoms with Gasteiger partial charge in [0, 0.05) is 11.7 Å². The van der Waals surface area contributed by atoms with E-state index in [1.165, 1.54) is 37.7 Å². The van der Waals surface area contributed by atoms with Crippen molar-refractivity contribution in [2.75, 3.05) is 5.32 Å². The number of anilines is 1. The van der Waals surface area contributed by atoms with Crippen LogP contribution in [0.2, 0.25) is 0 Å². The van der Waals surface area contributed by atoms with Gasteiger partial charge in [-0.15, -0.1) is 0 Å². The van der Waals surface area contributed by atoms with Crippen LogP contribution in [0.3, 0.4) is 0 Å². The van der Waals surface area contributed by atoms with Crippen LogP contribution in [-0.2, 0) is 0 Å². The third-order valence-electron chi connectivity index (χ3n) is 4.78. The molecule has 0 radical (unpaired) electrons. The van der Waals surface area contributed by atoms with E-state index in [0.29, 0.717) is 17.9 Å². The fourth-order valence-corrected chi connectivity index (χ4v) is 3.27. The van der Waals surface area contributed by atoms with E-state index in [-0.39, 0.29) is 0 Å². The molecule has 1 aromatic rings. The number of hydrogen-bond acceptors (Lipinski definition) is 1. The zero-order chi connectivity index (χ0) is 15.2. The second kappa shape index (κ2) is 7.79. The second-order valence-corrected chi connectivity index (χ2v) is 6.81. The molecule has 21 heavy (non-hydrogen) atoms. The van der Waals surface area contributed by atoms with Crippen LogP contribution in [0.15, 0.2) is 24.3 Å². The number of nitrogens with one attached hydrogen (secondary N) is 2. The summed E-state index contributed by atoms with van der Waals surface area (Å²) in [6, 6.07) is 9.17. The second-order valence-electron chi connectivity index (χ2n) is 6.40. The minimum atomic E-state index is 0.526. The Morgan fingerprint density at radius 3 is 2.52 bits per heavy atom. The SMILES string of the molecule is CCC(C)c1ccc(NC(=S)NC2CCCCC2C)cc1. The summed E-state index contributed by atoms with van der Waals surface area (Å²) in [4.78, 5) is 0. The number of thiocarbonyl (C=S) groups is 1. The van der Waals surface area contributed by atoms with Crippen molar-refractivity contribution in [2.24, 2.45) is 5.92 Å². The Bertz CT molecular complexity index is 455. The number of benzene rings is 1. The molecule has 0 bridgehead atoms. The van der Waals surface area contributed by atoms with Crippen molar-refractivity contribution in [3.05, 3.63) is 29.8 Å². The van der Waals surface area contributed by atoms with Crippen LogP contribution in [0.1, 0.15) is 64.4 Å². The third-order valence-corrected chi connectivity index (χ3v) is 5.00. The molecule has 1 aliphatic carbocycles. The molecule has 2 N–H and O–H groups in total. The molecule has 1 aliphatic rings. The molecular weight excluding hydrogens is 276 g/mol. The molecule has 116 valence electrons. The van der Waals surface area contributed by atoms with Crippen molar-refractivity contribution >= 4 is 23.0 Å². The first kappa shape index (κ1) is 16.3. The minimum Gasteiger partial charge on any atom is -0.359 e. The van der Waals surface area contributed by atoms with Crippen LogP contribution in [0.5, 0.6) is 0 Å². The molecule has 2 nitrogen and oxygen atoms in total. The monoisotopic (exact) mass is 304 g/mol. The smallest absolute Gasteiger partial charge is 0.171 e. The van der Waals surface area contributed by atoms with E-state index in [0.717, 1.165) is 10.8 Å². The van der Waals surface area contributed by atoms with Gasteiger partial charge in [0.2, 0.25) is 0 Å². The van der Waals surface area contributed by atoms with Gasteiger partial charge in [0.1, 0.15) is 0 Å². The predicted molar refractivity (Wildman–Crippen MR) is 95.9 cm³/mol. The first-order valence-corrected chi connectivity index (χ1v) is 8.68. The molecule has 1 aromatic carbocycles. The van der Waals surface area contributed by atoms with Gasteiger partial charge in [-0.25, -0.2) is 0 Å². The molecule has 1 saturated carbocycles. The summed E-state index contributed by atoms with van der Waals surface area (Å²) in [5, 5.41) is 7.55. The maximum atomic E-state index is 5.45. The summed E-state index contributed by atoms with van der Waals surface area (Å²) in [5.41, 5.74) is 2.46. The Morgan fingerprint density at radius 1 is 1.24 bits per heavy atom. The quantitative estimate of drug-likeness (QED) is 0.760. The first-order valence-electron chi connectivity index (χ1n) is 8.27. The van der Waals surface area contributed by atoms with Crippen molar-refractivity contribution < 1.29 is 0 Å². The highest BCUT2D eigenvalue weighted by Crippen LogP contribution is 2.24. The van der Waals surface area contributed by atoms with Crippen molar-refractivity contribution in [2.45, 2.75) is 64.8 Å². The summed E-state index contributed by atoms with van der Waals surface area (Å²) in [5.74, 6) is 1.33. The third kappa shape index (κ3) is 4.70. The van der Waals surface area contributed by atoms with Gasteiger partial charge in [0.15, 0.2) is 5.11 Å². The fraction of sp³-hybridized carbons (Fsp3) is 0.611. The van der Waals surface area contributed by atoms with E-state index >= 15 is 0 Å². The lowest BCUT2D eigenvalue weighted by Gasteiger charge is -2.30. The van der Waals surface area contributed by atoms with Gasteiger partial charge in [-0.1, -0.05) is 45.7 Å². The van der Waals surface area contributed by atoms with E-state index in [2.05, 4.69) is 55.7 Å². The highest BCUT2D eigenvalue weighted by Gasteiger charge is 2.21. The van der Waals surface area contributed by atoms with Crippen molar-refractivity contribution in [1.82, 2.24) is 5.32 Å². The van der Waals surface area contributed by atoms with E-state index < -0.39 is 0 Å². The van der Waals surface area contributed by atoms with Gasteiger partial charge in [0.05, 0.1) is 0 Å². The molecule has 1 fully saturated rings. The molecule has 0 heterocycles. The maximum absolute atomic E-state index is 5.45. The lowest BCUT2D eigenvalue weighted by Crippen LogP contribution is -2.43. The van der Waals surface area contributed by atoms with Crippen LogP contribution >= 0.6 is 12.2 Å². The average molecular weight is 305 g/mol. The Hall–Kier alpha value is -1.09. The molecular formula is C18H28N2S. The van der Waals surface area contributed by atoms with Gasteiger partial charge >= 0.3 is 0 Å². The van der Waals surface area contributed by atoms with E-state index in [4.69, 9.17) is 12.2 Å². The Morgan fingerprint density at radius 2 is 1.90 bits per heavy atom. The molecule has 0 saturated heterocycles. The van der Waals surface area contributed by atoms with Crippen LogP contribution in [0, 0.1) is 5.92 Å². The fourth-order valence-electron chi connectivity index (χ4n) is 3.00. The van der Waals surface area contributed by atoms with E-state index in [1.54, 1.807) is 0 Å². The molecule has 2 rings (SSSR count). The largest absolute Gasteiger partial charge is 0.359 e. The topological polar surface area (TPSA) is 24.1 Å². The molecule has 0 amide bonds. The summed E-state index contributed by atoms with van der Waals surface area (Å²) in [6.45, 7) is 6.81. The average Bonchev–Trinajstić information content (AvgIpc) is 2.49. The van der Waals surface area contributed by atoms with E-state index in [1.807, 2.05) is 0 Å². The number of hydrogen-bond donors (Lipinski definition) is 2. The van der Waals surface area contributed by atoms with Crippen molar-refractivity contribution in [3.8, 4) is 0 Å². The number of rotatable bonds is 4. The molecule has 0 aromatic heterocycles. The summed E-state index contributed by atoms with van der Waals surface area (Å²) in [7, 11) is 0. The molecule has 3 atom stereocenters. The molecule has 3 heteroatoms. The Kier molecular flexibility index (Phi) is 6.04. The zero-order valence-electron chi connectivity index (χ0n) is 13.5. The van der Waals surface area contributed by atoms with Crippen LogP contribution < -0.4 is 10.6 Å². The van der Waals surface area contributed by atoms with E-state index in [9.17, 15) is 0 Å². The van der Waals surface area contributed by atoms with Crippen LogP contribution in [-0.4, -0.2) is 11.2 Å². The highest BCUT2D eigenvalue weighted by atomic mass is 32.1. The standard InChI is InChI=1S/C18H28N2S/c1-4-13(2)15-9-11-16(12-10-15)19-18(21)20-17-8-6-5-7-14(17)3/h9-14,17H,4-8H2,1-3H3,(H2,19,20,21). The zero-order valence-corrected chi connectivity index (χ0v) is 14.3. The summed E-state index contributed by atoms with van der Waals surface area (Å²) >= 11 is 5.45.